The van der Waals surface area contributed by atoms with Gasteiger partial charge in [0.05, 0.1) is 19.8 Å². The van der Waals surface area contributed by atoms with Crippen LogP contribution in [0.25, 0.3) is 0 Å². The lowest BCUT2D eigenvalue weighted by Gasteiger charge is -2.19. The molecule has 0 saturated heterocycles. The number of carbonyl (C=O) groups is 3. The van der Waals surface area contributed by atoms with Crippen molar-refractivity contribution in [3.8, 4) is 0 Å². The average Bonchev–Trinajstić information content (AvgIpc) is 3.15. The summed E-state index contributed by atoms with van der Waals surface area (Å²) in [6, 6.07) is 0. The van der Waals surface area contributed by atoms with Crippen molar-refractivity contribution in [3.63, 3.8) is 0 Å². The maximum absolute atomic E-state index is 12.6. The predicted octanol–water partition coefficient (Wildman–Crippen LogP) is 11.8. The molecule has 0 heterocycles. The molecule has 0 aliphatic rings. The monoisotopic (exact) mass is 800 g/mol. The highest BCUT2D eigenvalue weighted by atomic mass is 31.2. The minimum absolute atomic E-state index is 0.164. The lowest BCUT2D eigenvalue weighted by Crippen LogP contribution is -2.29. The molecule has 0 fully saturated rings. The third kappa shape index (κ3) is 41.1. The van der Waals surface area contributed by atoms with E-state index in [9.17, 15) is 23.8 Å². The van der Waals surface area contributed by atoms with Crippen molar-refractivity contribution in [1.29, 1.82) is 0 Å². The Labute approximate surface area is 334 Å². The van der Waals surface area contributed by atoms with E-state index in [-0.39, 0.29) is 32.6 Å². The van der Waals surface area contributed by atoms with Crippen molar-refractivity contribution in [2.45, 2.75) is 200 Å². The van der Waals surface area contributed by atoms with Crippen LogP contribution in [0, 0.1) is 0 Å². The van der Waals surface area contributed by atoms with Gasteiger partial charge in [0.2, 0.25) is 0 Å². The number of hydrogen-bond donors (Lipinski definition) is 2. The second-order valence-corrected chi connectivity index (χ2v) is 15.9. The van der Waals surface area contributed by atoms with Crippen molar-refractivity contribution in [2.75, 3.05) is 26.4 Å². The van der Waals surface area contributed by atoms with Crippen LogP contribution in [0.15, 0.2) is 29.3 Å². The van der Waals surface area contributed by atoms with Gasteiger partial charge in [-0.1, -0.05) is 141 Å². The number of unbranched alkanes of at least 4 members (excludes halogenated alkanes) is 22. The van der Waals surface area contributed by atoms with Crippen LogP contribution >= 0.6 is 7.82 Å². The normalized spacial score (nSPS) is 13.5. The van der Waals surface area contributed by atoms with Gasteiger partial charge in [-0.15, -0.1) is 0 Å². The molecule has 0 aromatic rings. The number of carboxylic acids is 1. The number of aliphatic imine (C=N–C) groups is 1. The number of ether oxygens (including phenoxy) is 2. The van der Waals surface area contributed by atoms with E-state index < -0.39 is 38.4 Å². The molecule has 0 aromatic carbocycles. The number of esters is 2. The fraction of sp³-hybridized carbons (Fsp3) is 0.814. The van der Waals surface area contributed by atoms with Gasteiger partial charge in [0.1, 0.15) is 12.8 Å². The molecule has 11 nitrogen and oxygen atoms in total. The van der Waals surface area contributed by atoms with Gasteiger partial charge in [-0.2, -0.15) is 0 Å². The van der Waals surface area contributed by atoms with Crippen LogP contribution in [0.2, 0.25) is 0 Å². The zero-order valence-corrected chi connectivity index (χ0v) is 35.5. The van der Waals surface area contributed by atoms with Crippen LogP contribution in [-0.4, -0.2) is 66.6 Å². The Hall–Kier alpha value is -2.33. The molecule has 0 amide bonds. The zero-order chi connectivity index (χ0) is 40.5. The number of carboxylic acid groups (broad SMARTS) is 1. The van der Waals surface area contributed by atoms with Gasteiger partial charge in [0.15, 0.2) is 6.10 Å². The molecule has 0 spiro atoms. The number of carbonyl (C=O) groups excluding carboxylic acids is 2. The van der Waals surface area contributed by atoms with Gasteiger partial charge in [-0.05, 0) is 64.2 Å². The topological polar surface area (TPSA) is 158 Å². The molecule has 1 unspecified atom stereocenters. The van der Waals surface area contributed by atoms with Crippen LogP contribution in [0.3, 0.4) is 0 Å². The molecular formula is C43H78NO10P. The minimum Gasteiger partial charge on any atom is -0.477 e. The number of phosphoric acid groups is 1. The first-order valence-corrected chi connectivity index (χ1v) is 23.2. The molecule has 0 aliphatic heterocycles. The van der Waals surface area contributed by atoms with Crippen LogP contribution < -0.4 is 0 Å². The second-order valence-electron chi connectivity index (χ2n) is 14.4. The van der Waals surface area contributed by atoms with Crippen LogP contribution in [-0.2, 0) is 37.5 Å². The Bertz CT molecular complexity index is 1060. The van der Waals surface area contributed by atoms with Crippen LogP contribution in [0.1, 0.15) is 194 Å². The zero-order valence-electron chi connectivity index (χ0n) is 34.6. The van der Waals surface area contributed by atoms with Crippen molar-refractivity contribution in [1.82, 2.24) is 0 Å². The summed E-state index contributed by atoms with van der Waals surface area (Å²) in [5.41, 5.74) is 0. The fourth-order valence-corrected chi connectivity index (χ4v) is 6.61. The Balaban J connectivity index is 4.42. The molecule has 0 rings (SSSR count). The smallest absolute Gasteiger partial charge is 0.472 e. The molecule has 55 heavy (non-hydrogen) atoms. The van der Waals surface area contributed by atoms with Crippen LogP contribution in [0.5, 0.6) is 0 Å². The quantitative estimate of drug-likeness (QED) is 0.0200. The summed E-state index contributed by atoms with van der Waals surface area (Å²) in [5.74, 6) is -2.19. The molecule has 0 saturated carbocycles. The summed E-state index contributed by atoms with van der Waals surface area (Å²) >= 11 is 0. The Morgan fingerprint density at radius 1 is 0.582 bits per heavy atom. The molecule has 0 aliphatic carbocycles. The summed E-state index contributed by atoms with van der Waals surface area (Å²) in [7, 11) is -4.56. The van der Waals surface area contributed by atoms with Gasteiger partial charge in [-0.3, -0.25) is 23.6 Å². The van der Waals surface area contributed by atoms with E-state index in [4.69, 9.17) is 23.6 Å². The standard InChI is InChI=1S/C43H78NO10P/c1-3-5-7-9-11-13-15-17-19-21-23-25-27-29-31-33-42(47)51-38-40(39-53-55(49,50)52-36-35-44-37-41(45)46)54-43(48)34-32-30-28-26-24-22-20-18-16-14-12-10-8-6-4-2/h17-20,37,40H,3-16,21-36,38-39H2,1-2H3,(H,45,46)(H,49,50)/b19-17-,20-18-,44-37?/t40-/m1/s1. The van der Waals surface area contributed by atoms with Crippen molar-refractivity contribution < 1.29 is 47.5 Å². The number of allylic oxidation sites excluding steroid dienone is 4. The van der Waals surface area contributed by atoms with Crippen molar-refractivity contribution in [2.24, 2.45) is 4.99 Å². The number of aliphatic carboxylic acids is 1. The summed E-state index contributed by atoms with van der Waals surface area (Å²) in [4.78, 5) is 49.2. The van der Waals surface area contributed by atoms with Gasteiger partial charge in [0, 0.05) is 12.8 Å². The van der Waals surface area contributed by atoms with E-state index in [1.807, 2.05) is 0 Å². The van der Waals surface area contributed by atoms with Gasteiger partial charge in [0.25, 0.3) is 0 Å². The Kier molecular flexibility index (Phi) is 38.2. The first-order valence-electron chi connectivity index (χ1n) is 21.7. The third-order valence-electron chi connectivity index (χ3n) is 9.11. The highest BCUT2D eigenvalue weighted by Gasteiger charge is 2.26. The maximum atomic E-state index is 12.6. The fourth-order valence-electron chi connectivity index (χ4n) is 5.87. The molecule has 0 aromatic heterocycles. The average molecular weight is 800 g/mol. The summed E-state index contributed by atoms with van der Waals surface area (Å²) in [6.07, 6.45) is 39.0. The molecule has 2 atom stereocenters. The SMILES string of the molecule is CCCCCCCC/C=C\CCCCCCCC(=O)OC[C@H](COP(=O)(O)OCCN=CC(=O)O)OC(=O)CCCCCCC/C=C\CCCCCCCC. The van der Waals surface area contributed by atoms with Gasteiger partial charge in [-0.25, -0.2) is 9.36 Å². The molecule has 12 heteroatoms. The molecule has 0 radical (unpaired) electrons. The maximum Gasteiger partial charge on any atom is 0.472 e. The lowest BCUT2D eigenvalue weighted by atomic mass is 10.1. The first-order chi connectivity index (χ1) is 26.7. The molecule has 0 bridgehead atoms. The number of hydrogen-bond acceptors (Lipinski definition) is 9. The predicted molar refractivity (Wildman–Crippen MR) is 222 cm³/mol. The van der Waals surface area contributed by atoms with Crippen molar-refractivity contribution >= 4 is 31.9 Å². The first kappa shape index (κ1) is 52.7. The lowest BCUT2D eigenvalue weighted by molar-refractivity contribution is -0.161. The van der Waals surface area contributed by atoms with E-state index in [1.54, 1.807) is 0 Å². The Morgan fingerprint density at radius 3 is 1.45 bits per heavy atom. The van der Waals surface area contributed by atoms with Crippen LogP contribution in [0.4, 0.5) is 0 Å². The van der Waals surface area contributed by atoms with E-state index in [0.29, 0.717) is 19.1 Å². The minimum atomic E-state index is -4.56. The second kappa shape index (κ2) is 39.9. The molecule has 2 N–H and O–H groups in total. The largest absolute Gasteiger partial charge is 0.477 e. The summed E-state index contributed by atoms with van der Waals surface area (Å²) in [5, 5.41) is 8.59. The van der Waals surface area contributed by atoms with E-state index >= 15 is 0 Å². The van der Waals surface area contributed by atoms with Gasteiger partial charge >= 0.3 is 25.7 Å². The highest BCUT2D eigenvalue weighted by molar-refractivity contribution is 7.47. The third-order valence-corrected chi connectivity index (χ3v) is 10.1. The Morgan fingerprint density at radius 2 is 1.00 bits per heavy atom. The van der Waals surface area contributed by atoms with E-state index in [0.717, 1.165) is 77.0 Å². The highest BCUT2D eigenvalue weighted by Crippen LogP contribution is 2.43. The summed E-state index contributed by atoms with van der Waals surface area (Å²) < 4.78 is 33.0. The van der Waals surface area contributed by atoms with E-state index in [2.05, 4.69) is 43.1 Å². The molecule has 320 valence electrons. The van der Waals surface area contributed by atoms with Gasteiger partial charge < -0.3 is 19.5 Å². The number of phosphoric ester groups is 1. The summed E-state index contributed by atoms with van der Waals surface area (Å²) in [6.45, 7) is 3.12. The van der Waals surface area contributed by atoms with E-state index in [1.165, 1.54) is 77.0 Å². The number of nitrogens with zero attached hydrogens (tertiary/aromatic N) is 1. The van der Waals surface area contributed by atoms with Crippen molar-refractivity contribution in [3.05, 3.63) is 24.3 Å². The molecular weight excluding hydrogens is 721 g/mol. The number of rotatable bonds is 41.